The minimum Gasteiger partial charge on any atom is -0.382 e. The number of hydrogen-bond donors (Lipinski definition) is 1. The van der Waals surface area contributed by atoms with Gasteiger partial charge in [0.25, 0.3) is 0 Å². The average Bonchev–Trinajstić information content (AvgIpc) is 3.27. The van der Waals surface area contributed by atoms with Crippen molar-refractivity contribution in [1.29, 1.82) is 0 Å². The molecule has 3 heterocycles. The molecule has 1 saturated heterocycles. The number of piperazine rings is 1. The van der Waals surface area contributed by atoms with Gasteiger partial charge in [-0.1, -0.05) is 44.4 Å². The summed E-state index contributed by atoms with van der Waals surface area (Å²) in [5, 5.41) is 0. The van der Waals surface area contributed by atoms with Gasteiger partial charge in [-0.15, -0.1) is 0 Å². The second-order valence-corrected chi connectivity index (χ2v) is 11.3. The fraction of sp³-hybridized carbons (Fsp3) is 0.387. The van der Waals surface area contributed by atoms with Crippen molar-refractivity contribution < 1.29 is 4.39 Å². The van der Waals surface area contributed by atoms with E-state index in [2.05, 4.69) is 53.0 Å². The third kappa shape index (κ3) is 4.72. The fourth-order valence-corrected chi connectivity index (χ4v) is 6.02. The summed E-state index contributed by atoms with van der Waals surface area (Å²) in [6.07, 6.45) is 16.1. The maximum absolute atomic E-state index is 16.2. The van der Waals surface area contributed by atoms with Gasteiger partial charge >= 0.3 is 0 Å². The molecular weight excluding hydrogens is 489 g/mol. The van der Waals surface area contributed by atoms with Crippen molar-refractivity contribution in [3.63, 3.8) is 0 Å². The van der Waals surface area contributed by atoms with E-state index in [1.165, 1.54) is 0 Å². The number of halogens is 1. The number of hydrogen-bond acceptors (Lipinski definition) is 6. The van der Waals surface area contributed by atoms with Gasteiger partial charge in [-0.25, -0.2) is 19.4 Å². The molecule has 0 radical (unpaired) electrons. The molecule has 0 aromatic carbocycles. The molecule has 1 saturated carbocycles. The molecule has 4 aliphatic rings. The van der Waals surface area contributed by atoms with Gasteiger partial charge in [-0.05, 0) is 49.5 Å². The molecule has 2 fully saturated rings. The number of nitrogen functional groups attached to an aromatic ring is 1. The van der Waals surface area contributed by atoms with Gasteiger partial charge in [0, 0.05) is 56.1 Å². The Morgan fingerprint density at radius 3 is 2.69 bits per heavy atom. The van der Waals surface area contributed by atoms with Crippen LogP contribution >= 0.6 is 0 Å². The fourth-order valence-electron chi connectivity index (χ4n) is 6.02. The highest BCUT2D eigenvalue weighted by molar-refractivity contribution is 6.20. The predicted molar refractivity (Wildman–Crippen MR) is 156 cm³/mol. The van der Waals surface area contributed by atoms with Crippen molar-refractivity contribution in [3.05, 3.63) is 90.1 Å². The molecule has 39 heavy (non-hydrogen) atoms. The van der Waals surface area contributed by atoms with Crippen LogP contribution in [0.1, 0.15) is 43.6 Å². The maximum atomic E-state index is 16.2. The van der Waals surface area contributed by atoms with Gasteiger partial charge in [0.2, 0.25) is 0 Å². The lowest BCUT2D eigenvalue weighted by Gasteiger charge is -2.45. The van der Waals surface area contributed by atoms with E-state index < -0.39 is 5.83 Å². The maximum Gasteiger partial charge on any atom is 0.158 e. The van der Waals surface area contributed by atoms with E-state index >= 15 is 4.39 Å². The number of nitrogens with zero attached hydrogens (tertiary/aromatic N) is 6. The highest BCUT2D eigenvalue weighted by Crippen LogP contribution is 2.42. The van der Waals surface area contributed by atoms with Gasteiger partial charge in [-0.3, -0.25) is 9.30 Å². The third-order valence-corrected chi connectivity index (χ3v) is 8.49. The first-order valence-electron chi connectivity index (χ1n) is 13.8. The Bertz CT molecular complexity index is 1490. The van der Waals surface area contributed by atoms with Crippen LogP contribution in [0.15, 0.2) is 83.6 Å². The number of aromatic nitrogens is 3. The van der Waals surface area contributed by atoms with E-state index in [1.54, 1.807) is 18.3 Å². The smallest absolute Gasteiger partial charge is 0.158 e. The zero-order chi connectivity index (χ0) is 27.3. The van der Waals surface area contributed by atoms with Gasteiger partial charge in [0.1, 0.15) is 28.6 Å². The Balaban J connectivity index is 1.33. The lowest BCUT2D eigenvalue weighted by Crippen LogP contribution is -2.52. The molecule has 1 aliphatic heterocycles. The second kappa shape index (κ2) is 10.2. The molecule has 3 aliphatic carbocycles. The number of allylic oxidation sites excluding steroid dienone is 9. The first-order chi connectivity index (χ1) is 18.8. The van der Waals surface area contributed by atoms with Gasteiger partial charge in [-0.2, -0.15) is 0 Å². The number of fused-ring (bicyclic) bond motifs is 1. The standard InChI is InChI=1S/C31H36FN7/c1-19-6-5-7-22(16-19)21(3)35-27-20(2)8-9-25(26(27)32)28-29-30(33)34-10-11-39(29)31(36-28)23-17-24(18-23)38-14-12-37(4)13-15-38/h5-11,19,23-24H,2-3,12-18H2,1,4H3,(H2,33,34)/b35-27+. The summed E-state index contributed by atoms with van der Waals surface area (Å²) in [6, 6.07) is 0.559. The summed E-state index contributed by atoms with van der Waals surface area (Å²) < 4.78 is 18.2. The van der Waals surface area contributed by atoms with Crippen molar-refractivity contribution in [3.8, 4) is 0 Å². The topological polar surface area (TPSA) is 75.0 Å². The van der Waals surface area contributed by atoms with Crippen LogP contribution < -0.4 is 5.73 Å². The molecule has 2 N–H and O–H groups in total. The summed E-state index contributed by atoms with van der Waals surface area (Å²) in [7, 11) is 2.18. The molecule has 1 atom stereocenters. The molecule has 0 amide bonds. The van der Waals surface area contributed by atoms with Crippen LogP contribution in [0.3, 0.4) is 0 Å². The Kier molecular flexibility index (Phi) is 6.69. The van der Waals surface area contributed by atoms with Crippen molar-refractivity contribution >= 4 is 22.6 Å². The summed E-state index contributed by atoms with van der Waals surface area (Å²) in [6.45, 7) is 14.7. The normalized spacial score (nSPS) is 27.4. The number of anilines is 1. The quantitative estimate of drug-likeness (QED) is 0.589. The van der Waals surface area contributed by atoms with Gasteiger partial charge in [0.15, 0.2) is 5.83 Å². The molecular formula is C31H36FN7. The van der Waals surface area contributed by atoms with E-state index in [9.17, 15) is 0 Å². The minimum atomic E-state index is -0.470. The third-order valence-electron chi connectivity index (χ3n) is 8.49. The molecule has 2 aromatic heterocycles. The van der Waals surface area contributed by atoms with Gasteiger partial charge in [0.05, 0.1) is 5.70 Å². The number of aliphatic imine (C=N–C) groups is 1. The Labute approximate surface area is 229 Å². The van der Waals surface area contributed by atoms with E-state index in [0.29, 0.717) is 45.8 Å². The van der Waals surface area contributed by atoms with E-state index in [-0.39, 0.29) is 11.6 Å². The van der Waals surface area contributed by atoms with Crippen LogP contribution in [-0.4, -0.2) is 69.1 Å². The minimum absolute atomic E-state index is 0.185. The zero-order valence-electron chi connectivity index (χ0n) is 22.8. The molecule has 2 aromatic rings. The number of imidazole rings is 1. The monoisotopic (exact) mass is 525 g/mol. The lowest BCUT2D eigenvalue weighted by molar-refractivity contribution is 0.0586. The molecule has 6 rings (SSSR count). The predicted octanol–water partition coefficient (Wildman–Crippen LogP) is 5.09. The van der Waals surface area contributed by atoms with Crippen LogP contribution in [0, 0.1) is 5.92 Å². The largest absolute Gasteiger partial charge is 0.382 e. The summed E-state index contributed by atoms with van der Waals surface area (Å²) >= 11 is 0. The second-order valence-electron chi connectivity index (χ2n) is 11.3. The molecule has 0 bridgehead atoms. The summed E-state index contributed by atoms with van der Waals surface area (Å²) in [5.74, 6) is 1.44. The van der Waals surface area contributed by atoms with Crippen molar-refractivity contribution in [1.82, 2.24) is 24.2 Å². The van der Waals surface area contributed by atoms with Crippen LogP contribution in [0.5, 0.6) is 0 Å². The highest BCUT2D eigenvalue weighted by atomic mass is 19.1. The zero-order valence-corrected chi connectivity index (χ0v) is 22.8. The Hall–Kier alpha value is -3.62. The molecule has 7 nitrogen and oxygen atoms in total. The van der Waals surface area contributed by atoms with Crippen molar-refractivity contribution in [2.24, 2.45) is 10.9 Å². The Morgan fingerprint density at radius 2 is 1.95 bits per heavy atom. The van der Waals surface area contributed by atoms with E-state index in [1.807, 2.05) is 22.7 Å². The molecule has 202 valence electrons. The number of likely N-dealkylation sites (N-methyl/N-ethyl adjacent to an activating group) is 1. The van der Waals surface area contributed by atoms with Crippen LogP contribution in [0.25, 0.3) is 11.1 Å². The highest BCUT2D eigenvalue weighted by Gasteiger charge is 2.38. The van der Waals surface area contributed by atoms with Crippen molar-refractivity contribution in [2.45, 2.75) is 38.1 Å². The van der Waals surface area contributed by atoms with Crippen LogP contribution in [-0.2, 0) is 0 Å². The number of nitrogens with two attached hydrogens (primary N) is 1. The van der Waals surface area contributed by atoms with Crippen LogP contribution in [0.4, 0.5) is 10.2 Å². The SMILES string of the molecule is C=C(/N=C1\C(=C)C=CC(c2nc(C3CC(N4CCN(C)CC4)C3)n3ccnc(N)c23)=C1F)C1=CC=CC(C)C1. The summed E-state index contributed by atoms with van der Waals surface area (Å²) in [5.41, 5.74) is 10.1. The van der Waals surface area contributed by atoms with Gasteiger partial charge < -0.3 is 10.6 Å². The molecule has 8 heteroatoms. The number of rotatable bonds is 5. The summed E-state index contributed by atoms with van der Waals surface area (Å²) in [4.78, 5) is 18.9. The Morgan fingerprint density at radius 1 is 1.18 bits per heavy atom. The molecule has 1 unspecified atom stereocenters. The van der Waals surface area contributed by atoms with E-state index in [0.717, 1.165) is 56.8 Å². The van der Waals surface area contributed by atoms with Crippen molar-refractivity contribution in [2.75, 3.05) is 39.0 Å². The lowest BCUT2D eigenvalue weighted by atomic mass is 9.78. The molecule has 0 spiro atoms. The first-order valence-corrected chi connectivity index (χ1v) is 13.8. The van der Waals surface area contributed by atoms with Crippen LogP contribution in [0.2, 0.25) is 0 Å². The van der Waals surface area contributed by atoms with E-state index in [4.69, 9.17) is 10.7 Å². The first kappa shape index (κ1) is 25.6. The average molecular weight is 526 g/mol.